The van der Waals surface area contributed by atoms with Crippen molar-refractivity contribution < 1.29 is 9.21 Å². The minimum absolute atomic E-state index is 0.110. The molecule has 0 radical (unpaired) electrons. The van der Waals surface area contributed by atoms with Gasteiger partial charge in [0.1, 0.15) is 0 Å². The third-order valence-corrected chi connectivity index (χ3v) is 3.89. The van der Waals surface area contributed by atoms with E-state index in [0.29, 0.717) is 24.3 Å². The van der Waals surface area contributed by atoms with E-state index in [9.17, 15) is 4.79 Å². The van der Waals surface area contributed by atoms with E-state index in [1.165, 1.54) is 25.5 Å². The third-order valence-electron chi connectivity index (χ3n) is 3.89. The van der Waals surface area contributed by atoms with E-state index in [2.05, 4.69) is 24.1 Å². The van der Waals surface area contributed by atoms with Crippen molar-refractivity contribution in [1.82, 2.24) is 10.2 Å². The molecule has 2 rings (SSSR count). The Balaban J connectivity index is 1.88. The monoisotopic (exact) mass is 278 g/mol. The zero-order valence-corrected chi connectivity index (χ0v) is 12.6. The molecule has 0 spiro atoms. The highest BCUT2D eigenvalue weighted by molar-refractivity contribution is 5.91. The molecule has 0 saturated carbocycles. The van der Waals surface area contributed by atoms with Crippen LogP contribution in [0.4, 0.5) is 0 Å². The van der Waals surface area contributed by atoms with Gasteiger partial charge in [0.05, 0.1) is 6.26 Å². The molecule has 1 amide bonds. The van der Waals surface area contributed by atoms with Crippen molar-refractivity contribution in [3.63, 3.8) is 0 Å². The first kappa shape index (κ1) is 15.1. The molecule has 1 aliphatic heterocycles. The van der Waals surface area contributed by atoms with Gasteiger partial charge < -0.3 is 9.73 Å². The molecule has 1 unspecified atom stereocenters. The molecule has 0 aliphatic carbocycles. The zero-order valence-electron chi connectivity index (χ0n) is 12.6. The van der Waals surface area contributed by atoms with Crippen LogP contribution in [0.2, 0.25) is 0 Å². The highest BCUT2D eigenvalue weighted by Gasteiger charge is 2.22. The van der Waals surface area contributed by atoms with Crippen LogP contribution >= 0.6 is 0 Å². The number of carbonyl (C=O) groups is 1. The lowest BCUT2D eigenvalue weighted by atomic mass is 9.99. The standard InChI is InChI=1S/C16H26N2O2/c1-13(2)11-14(18-8-4-3-5-9-18)12-17-16(19)15-7-6-10-20-15/h6-7,10,13-14H,3-5,8-9,11-12H2,1-2H3,(H,17,19). The summed E-state index contributed by atoms with van der Waals surface area (Å²) in [7, 11) is 0. The fourth-order valence-electron chi connectivity index (χ4n) is 2.89. The van der Waals surface area contributed by atoms with Gasteiger partial charge in [0.15, 0.2) is 5.76 Å². The lowest BCUT2D eigenvalue weighted by molar-refractivity contribution is 0.0886. The number of nitrogens with zero attached hydrogens (tertiary/aromatic N) is 1. The lowest BCUT2D eigenvalue weighted by Gasteiger charge is -2.35. The molecule has 112 valence electrons. The van der Waals surface area contributed by atoms with Crippen molar-refractivity contribution >= 4 is 5.91 Å². The van der Waals surface area contributed by atoms with Gasteiger partial charge in [-0.1, -0.05) is 20.3 Å². The molecule has 1 N–H and O–H groups in total. The second-order valence-corrected chi connectivity index (χ2v) is 6.07. The lowest BCUT2D eigenvalue weighted by Crippen LogP contribution is -2.46. The minimum Gasteiger partial charge on any atom is -0.459 e. The molecule has 1 aromatic heterocycles. The Hall–Kier alpha value is -1.29. The molecule has 2 heterocycles. The average molecular weight is 278 g/mol. The first-order valence-corrected chi connectivity index (χ1v) is 7.72. The van der Waals surface area contributed by atoms with E-state index in [1.807, 2.05) is 0 Å². The van der Waals surface area contributed by atoms with Gasteiger partial charge in [-0.3, -0.25) is 9.69 Å². The fraction of sp³-hybridized carbons (Fsp3) is 0.688. The maximum atomic E-state index is 12.0. The van der Waals surface area contributed by atoms with Gasteiger partial charge in [-0.25, -0.2) is 0 Å². The molecule has 1 atom stereocenters. The molecule has 1 aromatic rings. The van der Waals surface area contributed by atoms with Crippen molar-refractivity contribution in [2.75, 3.05) is 19.6 Å². The zero-order chi connectivity index (χ0) is 14.4. The van der Waals surface area contributed by atoms with Crippen LogP contribution in [0.1, 0.15) is 50.1 Å². The summed E-state index contributed by atoms with van der Waals surface area (Å²) < 4.78 is 5.13. The molecular formula is C16H26N2O2. The predicted octanol–water partition coefficient (Wildman–Crippen LogP) is 2.91. The van der Waals surface area contributed by atoms with Crippen LogP contribution in [0, 0.1) is 5.92 Å². The molecule has 0 aromatic carbocycles. The minimum atomic E-state index is -0.110. The second kappa shape index (κ2) is 7.48. The van der Waals surface area contributed by atoms with Crippen LogP contribution < -0.4 is 5.32 Å². The van der Waals surface area contributed by atoms with Crippen molar-refractivity contribution in [2.24, 2.45) is 5.92 Å². The topological polar surface area (TPSA) is 45.5 Å². The molecule has 1 fully saturated rings. The van der Waals surface area contributed by atoms with Crippen LogP contribution in [-0.4, -0.2) is 36.5 Å². The Labute approximate surface area is 121 Å². The summed E-state index contributed by atoms with van der Waals surface area (Å²) in [5, 5.41) is 3.01. The number of rotatable bonds is 6. The van der Waals surface area contributed by atoms with Crippen molar-refractivity contribution in [2.45, 2.75) is 45.6 Å². The summed E-state index contributed by atoms with van der Waals surface area (Å²) in [6.07, 6.45) is 6.55. The van der Waals surface area contributed by atoms with Crippen LogP contribution in [0.25, 0.3) is 0 Å². The molecule has 1 aliphatic rings. The summed E-state index contributed by atoms with van der Waals surface area (Å²) in [4.78, 5) is 14.5. The largest absolute Gasteiger partial charge is 0.459 e. The SMILES string of the molecule is CC(C)CC(CNC(=O)c1ccco1)N1CCCCC1. The predicted molar refractivity (Wildman–Crippen MR) is 79.7 cm³/mol. The fourth-order valence-corrected chi connectivity index (χ4v) is 2.89. The summed E-state index contributed by atoms with van der Waals surface area (Å²) in [6.45, 7) is 7.51. The Morgan fingerprint density at radius 3 is 2.70 bits per heavy atom. The molecule has 0 bridgehead atoms. The van der Waals surface area contributed by atoms with Gasteiger partial charge in [0, 0.05) is 12.6 Å². The summed E-state index contributed by atoms with van der Waals surface area (Å²) in [5.74, 6) is 0.926. The van der Waals surface area contributed by atoms with Gasteiger partial charge in [-0.15, -0.1) is 0 Å². The quantitative estimate of drug-likeness (QED) is 0.870. The Morgan fingerprint density at radius 1 is 1.35 bits per heavy atom. The van der Waals surface area contributed by atoms with Gasteiger partial charge in [0.2, 0.25) is 0 Å². The number of nitrogens with one attached hydrogen (secondary N) is 1. The number of furan rings is 1. The highest BCUT2D eigenvalue weighted by atomic mass is 16.3. The number of carbonyl (C=O) groups excluding carboxylic acids is 1. The van der Waals surface area contributed by atoms with Crippen molar-refractivity contribution in [3.05, 3.63) is 24.2 Å². The Morgan fingerprint density at radius 2 is 2.10 bits per heavy atom. The van der Waals surface area contributed by atoms with Crippen molar-refractivity contribution in [1.29, 1.82) is 0 Å². The van der Waals surface area contributed by atoms with Gasteiger partial charge in [-0.2, -0.15) is 0 Å². The maximum absolute atomic E-state index is 12.0. The van der Waals surface area contributed by atoms with E-state index >= 15 is 0 Å². The average Bonchev–Trinajstić information content (AvgIpc) is 2.98. The van der Waals surface area contributed by atoms with Gasteiger partial charge in [0.25, 0.3) is 5.91 Å². The van der Waals surface area contributed by atoms with E-state index in [-0.39, 0.29) is 5.91 Å². The number of hydrogen-bond acceptors (Lipinski definition) is 3. The smallest absolute Gasteiger partial charge is 0.287 e. The molecule has 4 nitrogen and oxygen atoms in total. The number of likely N-dealkylation sites (tertiary alicyclic amines) is 1. The first-order chi connectivity index (χ1) is 9.66. The van der Waals surface area contributed by atoms with E-state index < -0.39 is 0 Å². The third kappa shape index (κ3) is 4.37. The number of piperidine rings is 1. The summed E-state index contributed by atoms with van der Waals surface area (Å²) >= 11 is 0. The van der Waals surface area contributed by atoms with Gasteiger partial charge >= 0.3 is 0 Å². The maximum Gasteiger partial charge on any atom is 0.287 e. The summed E-state index contributed by atoms with van der Waals surface area (Å²) in [6, 6.07) is 3.88. The van der Waals surface area contributed by atoms with E-state index in [1.54, 1.807) is 12.1 Å². The second-order valence-electron chi connectivity index (χ2n) is 6.07. The Kier molecular flexibility index (Phi) is 5.65. The van der Waals surface area contributed by atoms with E-state index in [4.69, 9.17) is 4.42 Å². The van der Waals surface area contributed by atoms with Crippen LogP contribution in [0.5, 0.6) is 0 Å². The van der Waals surface area contributed by atoms with Crippen LogP contribution in [0.15, 0.2) is 22.8 Å². The molecule has 1 saturated heterocycles. The van der Waals surface area contributed by atoms with Crippen LogP contribution in [0.3, 0.4) is 0 Å². The van der Waals surface area contributed by atoms with Crippen LogP contribution in [-0.2, 0) is 0 Å². The Bertz CT molecular complexity index is 395. The molecule has 4 heteroatoms. The summed E-state index contributed by atoms with van der Waals surface area (Å²) in [5.41, 5.74) is 0. The molecule has 20 heavy (non-hydrogen) atoms. The van der Waals surface area contributed by atoms with E-state index in [0.717, 1.165) is 19.5 Å². The number of hydrogen-bond donors (Lipinski definition) is 1. The number of amides is 1. The van der Waals surface area contributed by atoms with Gasteiger partial charge in [-0.05, 0) is 50.4 Å². The normalized spacial score (nSPS) is 18.1. The first-order valence-electron chi connectivity index (χ1n) is 7.72. The van der Waals surface area contributed by atoms with Crippen molar-refractivity contribution in [3.8, 4) is 0 Å². The highest BCUT2D eigenvalue weighted by Crippen LogP contribution is 2.17. The molecular weight excluding hydrogens is 252 g/mol.